The maximum absolute atomic E-state index is 12.8. The minimum atomic E-state index is -0.0273. The van der Waals surface area contributed by atoms with Crippen molar-refractivity contribution in [2.75, 3.05) is 32.1 Å². The Morgan fingerprint density at radius 3 is 2.89 bits per heavy atom. The lowest BCUT2D eigenvalue weighted by Crippen LogP contribution is -2.41. The highest BCUT2D eigenvalue weighted by Gasteiger charge is 2.31. The Morgan fingerprint density at radius 1 is 1.25 bits per heavy atom. The number of carbonyl (C=O) groups is 2. The van der Waals surface area contributed by atoms with Gasteiger partial charge in [0, 0.05) is 42.2 Å². The molecule has 6 heteroatoms. The summed E-state index contributed by atoms with van der Waals surface area (Å²) in [7, 11) is 3.98. The first kappa shape index (κ1) is 19.2. The molecular weight excluding hydrogens is 370 g/mol. The van der Waals surface area contributed by atoms with E-state index in [1.165, 1.54) is 4.88 Å². The Bertz CT molecular complexity index is 865. The number of benzene rings is 1. The van der Waals surface area contributed by atoms with Gasteiger partial charge >= 0.3 is 0 Å². The summed E-state index contributed by atoms with van der Waals surface area (Å²) in [5.41, 5.74) is 2.67. The van der Waals surface area contributed by atoms with Crippen LogP contribution in [0.15, 0.2) is 35.7 Å². The molecule has 1 saturated heterocycles. The van der Waals surface area contributed by atoms with Gasteiger partial charge in [-0.25, -0.2) is 0 Å². The highest BCUT2D eigenvalue weighted by atomic mass is 32.1. The fraction of sp³-hybridized carbons (Fsp3) is 0.455. The molecule has 5 nitrogen and oxygen atoms in total. The second-order valence-corrected chi connectivity index (χ2v) is 8.83. The molecule has 0 unspecified atom stereocenters. The van der Waals surface area contributed by atoms with Gasteiger partial charge in [0.05, 0.1) is 0 Å². The van der Waals surface area contributed by atoms with E-state index >= 15 is 0 Å². The summed E-state index contributed by atoms with van der Waals surface area (Å²) in [5.74, 6) is 0.522. The summed E-state index contributed by atoms with van der Waals surface area (Å²) in [6, 6.07) is 10.3. The van der Waals surface area contributed by atoms with Gasteiger partial charge in [0.15, 0.2) is 0 Å². The molecule has 0 radical (unpaired) electrons. The minimum absolute atomic E-state index is 0.0273. The topological polar surface area (TPSA) is 52.7 Å². The SMILES string of the molecule is CN1C(=O)CCc2cc(C(=O)NC[C@H]3CCCN(C)[C@H]3c3cccs3)ccc21. The number of fused-ring (bicyclic) bond motifs is 1. The number of piperidine rings is 1. The van der Waals surface area contributed by atoms with E-state index in [1.54, 1.807) is 23.3 Å². The lowest BCUT2D eigenvalue weighted by Gasteiger charge is -2.38. The van der Waals surface area contributed by atoms with E-state index in [-0.39, 0.29) is 11.8 Å². The van der Waals surface area contributed by atoms with E-state index in [9.17, 15) is 9.59 Å². The Kier molecular flexibility index (Phi) is 5.51. The summed E-state index contributed by atoms with van der Waals surface area (Å²) >= 11 is 1.80. The first-order valence-corrected chi connectivity index (χ1v) is 10.8. The number of likely N-dealkylation sites (tertiary alicyclic amines) is 1. The van der Waals surface area contributed by atoms with Gasteiger partial charge in [0.2, 0.25) is 5.91 Å². The van der Waals surface area contributed by atoms with Crippen molar-refractivity contribution < 1.29 is 9.59 Å². The number of rotatable bonds is 4. The van der Waals surface area contributed by atoms with Crippen LogP contribution in [0.4, 0.5) is 5.69 Å². The first-order chi connectivity index (χ1) is 13.5. The molecule has 28 heavy (non-hydrogen) atoms. The number of hydrogen-bond donors (Lipinski definition) is 1. The zero-order valence-electron chi connectivity index (χ0n) is 16.5. The molecule has 4 rings (SSSR count). The fourth-order valence-corrected chi connectivity index (χ4v) is 5.49. The number of nitrogens with one attached hydrogen (secondary N) is 1. The quantitative estimate of drug-likeness (QED) is 0.860. The van der Waals surface area contributed by atoms with Gasteiger partial charge in [-0.3, -0.25) is 14.5 Å². The van der Waals surface area contributed by atoms with Crippen molar-refractivity contribution in [2.45, 2.75) is 31.7 Å². The highest BCUT2D eigenvalue weighted by molar-refractivity contribution is 7.10. The Hall–Kier alpha value is -2.18. The summed E-state index contributed by atoms with van der Waals surface area (Å²) in [5, 5.41) is 5.29. The predicted molar refractivity (Wildman–Crippen MR) is 113 cm³/mol. The van der Waals surface area contributed by atoms with Gasteiger partial charge in [0.25, 0.3) is 5.91 Å². The van der Waals surface area contributed by atoms with Crippen LogP contribution in [0.25, 0.3) is 0 Å². The van der Waals surface area contributed by atoms with Crippen LogP contribution in [-0.2, 0) is 11.2 Å². The molecule has 1 aromatic heterocycles. The van der Waals surface area contributed by atoms with E-state index in [2.05, 4.69) is 34.8 Å². The van der Waals surface area contributed by atoms with Crippen molar-refractivity contribution in [2.24, 2.45) is 5.92 Å². The van der Waals surface area contributed by atoms with Gasteiger partial charge in [-0.2, -0.15) is 0 Å². The number of anilines is 1. The van der Waals surface area contributed by atoms with E-state index in [4.69, 9.17) is 0 Å². The standard InChI is InChI=1S/C22H27N3O2S/c1-24-11-3-5-17(21(24)19-6-4-12-28-19)14-23-22(27)16-7-9-18-15(13-16)8-10-20(26)25(18)2/h4,6-7,9,12-13,17,21H,3,5,8,10-11,14H2,1-2H3,(H,23,27)/t17-,21-/m1/s1. The smallest absolute Gasteiger partial charge is 0.251 e. The van der Waals surface area contributed by atoms with E-state index < -0.39 is 0 Å². The van der Waals surface area contributed by atoms with E-state index in [1.807, 2.05) is 18.2 Å². The average molecular weight is 398 g/mol. The zero-order valence-corrected chi connectivity index (χ0v) is 17.3. The molecule has 1 fully saturated rings. The number of thiophene rings is 1. The lowest BCUT2D eigenvalue weighted by atomic mass is 9.88. The number of nitrogens with zero attached hydrogens (tertiary/aromatic N) is 2. The van der Waals surface area contributed by atoms with Crippen molar-refractivity contribution >= 4 is 28.8 Å². The molecule has 2 atom stereocenters. The highest BCUT2D eigenvalue weighted by Crippen LogP contribution is 2.37. The molecule has 2 aliphatic heterocycles. The van der Waals surface area contributed by atoms with Crippen molar-refractivity contribution in [3.05, 3.63) is 51.7 Å². The molecule has 0 aliphatic carbocycles. The average Bonchev–Trinajstić information content (AvgIpc) is 3.23. The minimum Gasteiger partial charge on any atom is -0.352 e. The summed E-state index contributed by atoms with van der Waals surface area (Å²) < 4.78 is 0. The molecule has 2 aliphatic rings. The Morgan fingerprint density at radius 2 is 2.11 bits per heavy atom. The van der Waals surface area contributed by atoms with Crippen molar-refractivity contribution in [1.29, 1.82) is 0 Å². The van der Waals surface area contributed by atoms with Gasteiger partial charge < -0.3 is 10.2 Å². The van der Waals surface area contributed by atoms with Crippen molar-refractivity contribution in [3.8, 4) is 0 Å². The molecule has 2 aromatic rings. The van der Waals surface area contributed by atoms with Crippen LogP contribution in [-0.4, -0.2) is 43.9 Å². The second-order valence-electron chi connectivity index (χ2n) is 7.85. The normalized spacial score (nSPS) is 22.8. The molecule has 2 amide bonds. The van der Waals surface area contributed by atoms with E-state index in [0.29, 0.717) is 36.9 Å². The van der Waals surface area contributed by atoms with Gasteiger partial charge in [-0.1, -0.05) is 6.07 Å². The molecule has 1 aromatic carbocycles. The van der Waals surface area contributed by atoms with Crippen molar-refractivity contribution in [1.82, 2.24) is 10.2 Å². The third-order valence-electron chi connectivity index (χ3n) is 6.05. The Labute approximate surface area is 170 Å². The monoisotopic (exact) mass is 397 g/mol. The van der Waals surface area contributed by atoms with Crippen LogP contribution in [0, 0.1) is 5.92 Å². The summed E-state index contributed by atoms with van der Waals surface area (Å²) in [4.78, 5) is 30.1. The lowest BCUT2D eigenvalue weighted by molar-refractivity contribution is -0.118. The van der Waals surface area contributed by atoms with Gasteiger partial charge in [-0.15, -0.1) is 11.3 Å². The third-order valence-corrected chi connectivity index (χ3v) is 6.99. The second kappa shape index (κ2) is 8.05. The van der Waals surface area contributed by atoms with Crippen LogP contribution in [0.2, 0.25) is 0 Å². The van der Waals surface area contributed by atoms with Crippen LogP contribution in [0.5, 0.6) is 0 Å². The van der Waals surface area contributed by atoms with Gasteiger partial charge in [0.1, 0.15) is 0 Å². The number of carbonyl (C=O) groups excluding carboxylic acids is 2. The number of amides is 2. The molecule has 0 spiro atoms. The van der Waals surface area contributed by atoms with Crippen LogP contribution < -0.4 is 10.2 Å². The number of aryl methyl sites for hydroxylation is 1. The maximum Gasteiger partial charge on any atom is 0.251 e. The van der Waals surface area contributed by atoms with Crippen molar-refractivity contribution in [3.63, 3.8) is 0 Å². The largest absolute Gasteiger partial charge is 0.352 e. The summed E-state index contributed by atoms with van der Waals surface area (Å²) in [6.07, 6.45) is 3.50. The summed E-state index contributed by atoms with van der Waals surface area (Å²) in [6.45, 7) is 1.78. The molecule has 148 valence electrons. The predicted octanol–water partition coefficient (Wildman–Crippen LogP) is 3.47. The zero-order chi connectivity index (χ0) is 19.7. The molecule has 0 bridgehead atoms. The maximum atomic E-state index is 12.8. The van der Waals surface area contributed by atoms with Gasteiger partial charge in [-0.05, 0) is 74.0 Å². The molecule has 0 saturated carbocycles. The molecule has 3 heterocycles. The first-order valence-electron chi connectivity index (χ1n) is 9.96. The van der Waals surface area contributed by atoms with Crippen LogP contribution in [0.3, 0.4) is 0 Å². The van der Waals surface area contributed by atoms with E-state index in [0.717, 1.165) is 30.6 Å². The number of hydrogen-bond acceptors (Lipinski definition) is 4. The van der Waals surface area contributed by atoms with Crippen LogP contribution >= 0.6 is 11.3 Å². The Balaban J connectivity index is 1.44. The fourth-order valence-electron chi connectivity index (χ4n) is 4.51. The molecular formula is C22H27N3O2S. The molecule has 1 N–H and O–H groups in total. The van der Waals surface area contributed by atoms with Crippen LogP contribution in [0.1, 0.15) is 46.1 Å². The third kappa shape index (κ3) is 3.71.